The molecule has 1 aromatic carbocycles. The number of carbonyl (C=O) groups is 2. The lowest BCUT2D eigenvalue weighted by atomic mass is 9.93. The lowest BCUT2D eigenvalue weighted by Crippen LogP contribution is -2.23. The molecule has 20 heavy (non-hydrogen) atoms. The molecule has 1 aromatic rings. The monoisotopic (exact) mass is 280 g/mol. The minimum atomic E-state index is -0.542. The summed E-state index contributed by atoms with van der Waals surface area (Å²) in [6.07, 6.45) is 0.437. The first-order valence-corrected chi connectivity index (χ1v) is 6.30. The summed E-state index contributed by atoms with van der Waals surface area (Å²) in [5.41, 5.74) is 1.98. The standard InChI is InChI=1S/C15H20O5/c1-10-7-13(18-2)6-5-11(10)8-12(15(17)20-4)9-14(16)19-3/h5-7,12H,8-9H2,1-4H3. The fourth-order valence-electron chi connectivity index (χ4n) is 1.98. The number of methoxy groups -OCH3 is 3. The summed E-state index contributed by atoms with van der Waals surface area (Å²) in [7, 11) is 4.21. The Morgan fingerprint density at radius 1 is 1.15 bits per heavy atom. The van der Waals surface area contributed by atoms with E-state index in [1.165, 1.54) is 14.2 Å². The molecule has 0 spiro atoms. The minimum absolute atomic E-state index is 0.00857. The molecule has 0 heterocycles. The van der Waals surface area contributed by atoms with E-state index >= 15 is 0 Å². The third-order valence-corrected chi connectivity index (χ3v) is 3.19. The minimum Gasteiger partial charge on any atom is -0.497 e. The van der Waals surface area contributed by atoms with Gasteiger partial charge in [0.15, 0.2) is 0 Å². The molecule has 0 radical (unpaired) electrons. The summed E-state index contributed by atoms with van der Waals surface area (Å²) in [5.74, 6) is -0.620. The van der Waals surface area contributed by atoms with Crippen molar-refractivity contribution < 1.29 is 23.8 Å². The van der Waals surface area contributed by atoms with Crippen LogP contribution in [0.15, 0.2) is 18.2 Å². The highest BCUT2D eigenvalue weighted by Crippen LogP contribution is 2.21. The summed E-state index contributed by atoms with van der Waals surface area (Å²) < 4.78 is 14.5. The van der Waals surface area contributed by atoms with Gasteiger partial charge in [0, 0.05) is 0 Å². The van der Waals surface area contributed by atoms with Crippen LogP contribution >= 0.6 is 0 Å². The first kappa shape index (κ1) is 16.0. The molecule has 0 aliphatic heterocycles. The van der Waals surface area contributed by atoms with E-state index in [1.54, 1.807) is 7.11 Å². The van der Waals surface area contributed by atoms with Crippen LogP contribution in [0.2, 0.25) is 0 Å². The van der Waals surface area contributed by atoms with Crippen molar-refractivity contribution in [2.24, 2.45) is 5.92 Å². The number of hydrogen-bond donors (Lipinski definition) is 0. The van der Waals surface area contributed by atoms with E-state index in [-0.39, 0.29) is 6.42 Å². The number of carbonyl (C=O) groups excluding carboxylic acids is 2. The third kappa shape index (κ3) is 4.26. The molecule has 1 atom stereocenters. The number of esters is 2. The predicted octanol–water partition coefficient (Wildman–Crippen LogP) is 1.90. The number of rotatable bonds is 6. The van der Waals surface area contributed by atoms with Crippen LogP contribution in [-0.4, -0.2) is 33.3 Å². The fourth-order valence-corrected chi connectivity index (χ4v) is 1.98. The van der Waals surface area contributed by atoms with Crippen LogP contribution in [0, 0.1) is 12.8 Å². The smallest absolute Gasteiger partial charge is 0.309 e. The van der Waals surface area contributed by atoms with Crippen LogP contribution in [0.1, 0.15) is 17.5 Å². The van der Waals surface area contributed by atoms with Crippen LogP contribution in [0.5, 0.6) is 5.75 Å². The molecule has 110 valence electrons. The van der Waals surface area contributed by atoms with E-state index in [9.17, 15) is 9.59 Å². The van der Waals surface area contributed by atoms with Gasteiger partial charge in [0.25, 0.3) is 0 Å². The molecule has 0 aromatic heterocycles. The second-order valence-electron chi connectivity index (χ2n) is 4.50. The zero-order valence-electron chi connectivity index (χ0n) is 12.3. The van der Waals surface area contributed by atoms with Gasteiger partial charge in [-0.3, -0.25) is 9.59 Å². The van der Waals surface area contributed by atoms with Gasteiger partial charge in [0.1, 0.15) is 5.75 Å². The summed E-state index contributed by atoms with van der Waals surface area (Å²) in [6.45, 7) is 1.93. The highest BCUT2D eigenvalue weighted by molar-refractivity contribution is 5.80. The summed E-state index contributed by atoms with van der Waals surface area (Å²) in [6, 6.07) is 5.61. The van der Waals surface area contributed by atoms with Gasteiger partial charge in [0.2, 0.25) is 0 Å². The van der Waals surface area contributed by atoms with Gasteiger partial charge in [-0.2, -0.15) is 0 Å². The molecule has 5 nitrogen and oxygen atoms in total. The van der Waals surface area contributed by atoms with Gasteiger partial charge in [-0.25, -0.2) is 0 Å². The Labute approximate surface area is 118 Å². The molecule has 0 saturated heterocycles. The van der Waals surface area contributed by atoms with Gasteiger partial charge in [-0.15, -0.1) is 0 Å². The van der Waals surface area contributed by atoms with Gasteiger partial charge < -0.3 is 14.2 Å². The van der Waals surface area contributed by atoms with Crippen LogP contribution in [0.3, 0.4) is 0 Å². The highest BCUT2D eigenvalue weighted by atomic mass is 16.5. The Morgan fingerprint density at radius 3 is 2.35 bits per heavy atom. The first-order valence-electron chi connectivity index (χ1n) is 6.30. The van der Waals surface area contributed by atoms with Gasteiger partial charge in [-0.05, 0) is 36.6 Å². The van der Waals surface area contributed by atoms with Crippen molar-refractivity contribution in [3.05, 3.63) is 29.3 Å². The number of aryl methyl sites for hydroxylation is 1. The van der Waals surface area contributed by atoms with Crippen LogP contribution in [0.4, 0.5) is 0 Å². The third-order valence-electron chi connectivity index (χ3n) is 3.19. The molecule has 0 saturated carbocycles. The molecule has 0 aliphatic carbocycles. The van der Waals surface area contributed by atoms with Crippen molar-refractivity contribution >= 4 is 11.9 Å². The van der Waals surface area contributed by atoms with Crippen molar-refractivity contribution in [3.63, 3.8) is 0 Å². The Bertz CT molecular complexity index is 481. The Balaban J connectivity index is 2.89. The van der Waals surface area contributed by atoms with Crippen molar-refractivity contribution in [3.8, 4) is 5.75 Å². The summed E-state index contributed by atoms with van der Waals surface area (Å²) >= 11 is 0. The Kier molecular flexibility index (Phi) is 6.03. The van der Waals surface area contributed by atoms with Crippen molar-refractivity contribution in [1.29, 1.82) is 0 Å². The molecule has 0 amide bonds. The highest BCUT2D eigenvalue weighted by Gasteiger charge is 2.24. The second-order valence-corrected chi connectivity index (χ2v) is 4.50. The zero-order valence-corrected chi connectivity index (χ0v) is 12.3. The molecule has 0 bridgehead atoms. The van der Waals surface area contributed by atoms with Gasteiger partial charge >= 0.3 is 11.9 Å². The maximum Gasteiger partial charge on any atom is 0.309 e. The lowest BCUT2D eigenvalue weighted by Gasteiger charge is -2.15. The van der Waals surface area contributed by atoms with E-state index in [0.29, 0.717) is 6.42 Å². The van der Waals surface area contributed by atoms with Gasteiger partial charge in [-0.1, -0.05) is 6.07 Å². The maximum absolute atomic E-state index is 11.7. The largest absolute Gasteiger partial charge is 0.497 e. The topological polar surface area (TPSA) is 61.8 Å². The Hall–Kier alpha value is -2.04. The summed E-state index contributed by atoms with van der Waals surface area (Å²) in [5, 5.41) is 0. The zero-order chi connectivity index (χ0) is 15.1. The predicted molar refractivity (Wildman–Crippen MR) is 73.6 cm³/mol. The van der Waals surface area contributed by atoms with E-state index < -0.39 is 17.9 Å². The summed E-state index contributed by atoms with van der Waals surface area (Å²) in [4.78, 5) is 23.1. The molecule has 1 rings (SSSR count). The maximum atomic E-state index is 11.7. The van der Waals surface area contributed by atoms with Crippen molar-refractivity contribution in [1.82, 2.24) is 0 Å². The second kappa shape index (κ2) is 7.53. The number of hydrogen-bond acceptors (Lipinski definition) is 5. The molecule has 0 fully saturated rings. The molecule has 1 unspecified atom stereocenters. The van der Waals surface area contributed by atoms with E-state index in [4.69, 9.17) is 9.47 Å². The van der Waals surface area contributed by atoms with E-state index in [2.05, 4.69) is 4.74 Å². The Morgan fingerprint density at radius 2 is 1.85 bits per heavy atom. The van der Waals surface area contributed by atoms with Crippen LogP contribution in [0.25, 0.3) is 0 Å². The molecule has 0 N–H and O–H groups in total. The molecule has 0 aliphatic rings. The number of ether oxygens (including phenoxy) is 3. The van der Waals surface area contributed by atoms with E-state index in [1.807, 2.05) is 25.1 Å². The van der Waals surface area contributed by atoms with Gasteiger partial charge in [0.05, 0.1) is 33.7 Å². The normalized spacial score (nSPS) is 11.6. The van der Waals surface area contributed by atoms with Crippen LogP contribution in [-0.2, 0) is 25.5 Å². The lowest BCUT2D eigenvalue weighted by molar-refractivity contribution is -0.151. The van der Waals surface area contributed by atoms with E-state index in [0.717, 1.165) is 16.9 Å². The van der Waals surface area contributed by atoms with Crippen molar-refractivity contribution in [2.75, 3.05) is 21.3 Å². The average Bonchev–Trinajstić information content (AvgIpc) is 2.47. The fraction of sp³-hybridized carbons (Fsp3) is 0.467. The molecular weight excluding hydrogens is 260 g/mol. The average molecular weight is 280 g/mol. The molecular formula is C15H20O5. The molecule has 5 heteroatoms. The van der Waals surface area contributed by atoms with Crippen LogP contribution < -0.4 is 4.74 Å². The SMILES string of the molecule is COC(=O)CC(Cc1ccc(OC)cc1C)C(=O)OC. The van der Waals surface area contributed by atoms with Crippen molar-refractivity contribution in [2.45, 2.75) is 19.8 Å². The number of benzene rings is 1. The quantitative estimate of drug-likeness (QED) is 0.745. The first-order chi connectivity index (χ1) is 9.51.